The largest absolute Gasteiger partial charge is 0.384 e. The van der Waals surface area contributed by atoms with Crippen LogP contribution in [-0.2, 0) is 14.6 Å². The summed E-state index contributed by atoms with van der Waals surface area (Å²) >= 11 is 5.91. The van der Waals surface area contributed by atoms with Crippen LogP contribution in [0, 0.1) is 0 Å². The zero-order valence-corrected chi connectivity index (χ0v) is 20.4. The molecule has 1 heterocycles. The lowest BCUT2D eigenvalue weighted by molar-refractivity contribution is 0.240. The molecule has 178 valence electrons. The van der Waals surface area contributed by atoms with Crippen molar-refractivity contribution in [2.24, 2.45) is 0 Å². The van der Waals surface area contributed by atoms with Crippen molar-refractivity contribution in [2.45, 2.75) is 48.8 Å². The van der Waals surface area contributed by atoms with E-state index in [-0.39, 0.29) is 28.5 Å². The van der Waals surface area contributed by atoms with Crippen LogP contribution in [0.4, 0.5) is 16.3 Å². The van der Waals surface area contributed by atoms with Crippen molar-refractivity contribution in [1.29, 1.82) is 0 Å². The molecule has 1 aliphatic carbocycles. The smallest absolute Gasteiger partial charge is 0.319 e. The van der Waals surface area contributed by atoms with Crippen LogP contribution in [0.3, 0.4) is 0 Å². The van der Waals surface area contributed by atoms with Gasteiger partial charge >= 0.3 is 6.03 Å². The summed E-state index contributed by atoms with van der Waals surface area (Å²) in [4.78, 5) is 21.0. The van der Waals surface area contributed by atoms with Crippen LogP contribution in [0.2, 0.25) is 5.02 Å². The highest BCUT2D eigenvalue weighted by Gasteiger charge is 2.39. The number of hydrogen-bond acceptors (Lipinski definition) is 6. The van der Waals surface area contributed by atoms with Gasteiger partial charge in [-0.3, -0.25) is 0 Å². The molecule has 1 aromatic heterocycles. The first-order valence-corrected chi connectivity index (χ1v) is 12.8. The second kappa shape index (κ2) is 9.23. The minimum absolute atomic E-state index is 0.135. The molecule has 0 saturated heterocycles. The fraction of sp³-hybridized carbons (Fsp3) is 0.292. The van der Waals surface area contributed by atoms with E-state index in [4.69, 9.17) is 17.3 Å². The fourth-order valence-electron chi connectivity index (χ4n) is 3.56. The quantitative estimate of drug-likeness (QED) is 0.448. The Morgan fingerprint density at radius 2 is 1.71 bits per heavy atom. The van der Waals surface area contributed by atoms with Crippen LogP contribution in [0.1, 0.15) is 38.8 Å². The number of carbonyl (C=O) groups excluding carboxylic acids is 1. The zero-order valence-electron chi connectivity index (χ0n) is 18.9. The minimum atomic E-state index is -3.81. The predicted molar refractivity (Wildman–Crippen MR) is 133 cm³/mol. The zero-order chi connectivity index (χ0) is 24.5. The topological polar surface area (TPSA) is 127 Å². The highest BCUT2D eigenvalue weighted by molar-refractivity contribution is 7.92. The molecule has 1 aliphatic rings. The molecular weight excluding hydrogens is 474 g/mol. The van der Waals surface area contributed by atoms with E-state index in [1.54, 1.807) is 38.1 Å². The maximum atomic E-state index is 13.4. The normalized spacial score (nSPS) is 14.3. The van der Waals surface area contributed by atoms with Crippen molar-refractivity contribution in [2.75, 3.05) is 11.1 Å². The number of nitrogens with zero attached hydrogens (tertiary/aromatic N) is 2. The first-order chi connectivity index (χ1) is 16.1. The molecule has 4 N–H and O–H groups in total. The molecule has 0 spiro atoms. The molecule has 0 radical (unpaired) electrons. The van der Waals surface area contributed by atoms with Gasteiger partial charge in [0.05, 0.1) is 10.6 Å². The average Bonchev–Trinajstić information content (AvgIpc) is 2.76. The molecule has 1 saturated carbocycles. The lowest BCUT2D eigenvalue weighted by atomic mass is 9.93. The number of urea groups is 1. The first kappa shape index (κ1) is 24.0. The number of nitrogen functional groups attached to an aromatic ring is 1. The number of amides is 2. The number of hydrogen-bond donors (Lipinski definition) is 3. The molecule has 4 rings (SSSR count). The van der Waals surface area contributed by atoms with E-state index in [1.165, 1.54) is 30.3 Å². The fourth-order valence-corrected chi connectivity index (χ4v) is 5.15. The molecule has 0 atom stereocenters. The van der Waals surface area contributed by atoms with Crippen LogP contribution < -0.4 is 16.4 Å². The number of aromatic nitrogens is 2. The number of rotatable bonds is 6. The van der Waals surface area contributed by atoms with Gasteiger partial charge in [-0.05, 0) is 81.6 Å². The van der Waals surface area contributed by atoms with Gasteiger partial charge in [0.15, 0.2) is 15.7 Å². The maximum Gasteiger partial charge on any atom is 0.319 e. The molecular formula is C24H26ClN5O3S. The molecule has 2 amide bonds. The van der Waals surface area contributed by atoms with Crippen molar-refractivity contribution in [3.05, 3.63) is 65.3 Å². The number of carbonyl (C=O) groups is 1. The lowest BCUT2D eigenvalue weighted by Gasteiger charge is -2.26. The summed E-state index contributed by atoms with van der Waals surface area (Å²) in [6.45, 7) is 3.16. The maximum absolute atomic E-state index is 13.4. The van der Waals surface area contributed by atoms with Gasteiger partial charge in [0.2, 0.25) is 0 Å². The van der Waals surface area contributed by atoms with E-state index in [0.29, 0.717) is 22.1 Å². The average molecular weight is 500 g/mol. The molecule has 8 nitrogen and oxygen atoms in total. The Hall–Kier alpha value is -3.17. The van der Waals surface area contributed by atoms with E-state index < -0.39 is 14.6 Å². The van der Waals surface area contributed by atoms with E-state index in [1.807, 2.05) is 0 Å². The SMILES string of the molecule is CC(C)(c1cc(N)nc(-c2ccc(NC(=O)NC3CCC3)cc2)n1)S(=O)(=O)c1ccc(Cl)cc1. The molecule has 0 unspecified atom stereocenters. The number of benzene rings is 2. The van der Waals surface area contributed by atoms with Crippen molar-refractivity contribution in [1.82, 2.24) is 15.3 Å². The monoisotopic (exact) mass is 499 g/mol. The Morgan fingerprint density at radius 1 is 1.06 bits per heavy atom. The van der Waals surface area contributed by atoms with Gasteiger partial charge in [0.25, 0.3) is 0 Å². The van der Waals surface area contributed by atoms with Crippen molar-refractivity contribution < 1.29 is 13.2 Å². The highest BCUT2D eigenvalue weighted by atomic mass is 35.5. The molecule has 1 fully saturated rings. The molecule has 34 heavy (non-hydrogen) atoms. The summed E-state index contributed by atoms with van der Waals surface area (Å²) < 4.78 is 25.4. The molecule has 2 aromatic carbocycles. The Bertz CT molecular complexity index is 1310. The van der Waals surface area contributed by atoms with Crippen LogP contribution in [-0.4, -0.2) is 30.5 Å². The Balaban J connectivity index is 1.59. The van der Waals surface area contributed by atoms with E-state index in [9.17, 15) is 13.2 Å². The number of sulfone groups is 1. The van der Waals surface area contributed by atoms with Gasteiger partial charge in [0, 0.05) is 28.4 Å². The van der Waals surface area contributed by atoms with Crippen molar-refractivity contribution in [3.8, 4) is 11.4 Å². The number of anilines is 2. The summed E-state index contributed by atoms with van der Waals surface area (Å²) in [6.07, 6.45) is 3.15. The third-order valence-corrected chi connectivity index (χ3v) is 8.70. The predicted octanol–water partition coefficient (Wildman–Crippen LogP) is 4.76. The number of nitrogens with one attached hydrogen (secondary N) is 2. The first-order valence-electron chi connectivity index (χ1n) is 10.9. The van der Waals surface area contributed by atoms with Crippen molar-refractivity contribution in [3.63, 3.8) is 0 Å². The third-order valence-electron chi connectivity index (χ3n) is 6.00. The van der Waals surface area contributed by atoms with E-state index in [0.717, 1.165) is 19.3 Å². The third kappa shape index (κ3) is 4.85. The van der Waals surface area contributed by atoms with Gasteiger partial charge in [-0.25, -0.2) is 23.2 Å². The van der Waals surface area contributed by atoms with Crippen LogP contribution in [0.25, 0.3) is 11.4 Å². The Morgan fingerprint density at radius 3 is 2.29 bits per heavy atom. The standard InChI is InChI=1S/C24H26ClN5O3S/c1-24(2,34(32,33)19-12-8-16(25)9-13-19)20-14-21(26)30-22(29-20)15-6-10-18(11-7-15)28-23(31)27-17-4-3-5-17/h6-14,17H,3-5H2,1-2H3,(H2,26,29,30)(H2,27,28,31). The molecule has 10 heteroatoms. The van der Waals surface area contributed by atoms with Crippen LogP contribution in [0.5, 0.6) is 0 Å². The highest BCUT2D eigenvalue weighted by Crippen LogP contribution is 2.35. The van der Waals surface area contributed by atoms with Gasteiger partial charge in [-0.1, -0.05) is 11.6 Å². The minimum Gasteiger partial charge on any atom is -0.384 e. The number of halogens is 1. The molecule has 3 aromatic rings. The summed E-state index contributed by atoms with van der Waals surface area (Å²) in [5.74, 6) is 0.446. The van der Waals surface area contributed by atoms with Gasteiger partial charge < -0.3 is 16.4 Å². The summed E-state index contributed by atoms with van der Waals surface area (Å²) in [7, 11) is -3.81. The lowest BCUT2D eigenvalue weighted by Crippen LogP contribution is -2.41. The van der Waals surface area contributed by atoms with Crippen molar-refractivity contribution >= 4 is 39.0 Å². The van der Waals surface area contributed by atoms with Crippen LogP contribution >= 0.6 is 11.6 Å². The second-order valence-corrected chi connectivity index (χ2v) is 11.7. The molecule has 0 aliphatic heterocycles. The summed E-state index contributed by atoms with van der Waals surface area (Å²) in [6, 6.07) is 14.4. The number of nitrogens with two attached hydrogens (primary N) is 1. The second-order valence-electron chi connectivity index (χ2n) is 8.77. The van der Waals surface area contributed by atoms with Gasteiger partial charge in [-0.2, -0.15) is 0 Å². The van der Waals surface area contributed by atoms with E-state index >= 15 is 0 Å². The van der Waals surface area contributed by atoms with Gasteiger partial charge in [0.1, 0.15) is 10.6 Å². The van der Waals surface area contributed by atoms with Crippen LogP contribution in [0.15, 0.2) is 59.5 Å². The summed E-state index contributed by atoms with van der Waals surface area (Å²) in [5.41, 5.74) is 7.56. The van der Waals surface area contributed by atoms with Gasteiger partial charge in [-0.15, -0.1) is 0 Å². The Kier molecular flexibility index (Phi) is 6.51. The Labute approximate surface area is 203 Å². The molecule has 0 bridgehead atoms. The van der Waals surface area contributed by atoms with E-state index in [2.05, 4.69) is 20.6 Å². The summed E-state index contributed by atoms with van der Waals surface area (Å²) in [5, 5.41) is 6.17.